The van der Waals surface area contributed by atoms with Gasteiger partial charge in [0.05, 0.1) is 18.5 Å². The fourth-order valence-electron chi connectivity index (χ4n) is 3.97. The van der Waals surface area contributed by atoms with Crippen molar-refractivity contribution in [1.82, 2.24) is 15.3 Å². The molecule has 1 aromatic heterocycles. The maximum atomic E-state index is 5.38. The first kappa shape index (κ1) is 22.1. The zero-order valence-corrected chi connectivity index (χ0v) is 19.7. The van der Waals surface area contributed by atoms with Gasteiger partial charge in [-0.2, -0.15) is 0 Å². The SMILES string of the molecule is COc1ccc2cc(-c3nc(C(C)(C)CNCC(C)C)[nH]c3-c3ccccc3)ccc2c1. The van der Waals surface area contributed by atoms with E-state index in [-0.39, 0.29) is 5.41 Å². The van der Waals surface area contributed by atoms with Crippen LogP contribution in [-0.2, 0) is 5.41 Å². The number of hydrogen-bond acceptors (Lipinski definition) is 3. The summed E-state index contributed by atoms with van der Waals surface area (Å²) in [6.07, 6.45) is 0. The number of aromatic amines is 1. The average Bonchev–Trinajstić information content (AvgIpc) is 3.25. The number of nitrogens with zero attached hydrogens (tertiary/aromatic N) is 1. The molecule has 0 fully saturated rings. The fraction of sp³-hybridized carbons (Fsp3) is 0.321. The zero-order chi connectivity index (χ0) is 22.7. The molecule has 1 heterocycles. The van der Waals surface area contributed by atoms with Crippen LogP contribution < -0.4 is 10.1 Å². The van der Waals surface area contributed by atoms with Gasteiger partial charge in [-0.3, -0.25) is 0 Å². The minimum atomic E-state index is -0.124. The first-order valence-electron chi connectivity index (χ1n) is 11.3. The minimum absolute atomic E-state index is 0.124. The summed E-state index contributed by atoms with van der Waals surface area (Å²) < 4.78 is 5.38. The van der Waals surface area contributed by atoms with Crippen LogP contribution in [0.15, 0.2) is 66.7 Å². The van der Waals surface area contributed by atoms with Crippen LogP contribution in [0.1, 0.15) is 33.5 Å². The van der Waals surface area contributed by atoms with Crippen molar-refractivity contribution in [2.24, 2.45) is 5.92 Å². The molecule has 4 heteroatoms. The topological polar surface area (TPSA) is 49.9 Å². The van der Waals surface area contributed by atoms with Crippen LogP contribution >= 0.6 is 0 Å². The van der Waals surface area contributed by atoms with Crippen LogP contribution in [0.4, 0.5) is 0 Å². The van der Waals surface area contributed by atoms with Gasteiger partial charge in [-0.1, -0.05) is 76.2 Å². The van der Waals surface area contributed by atoms with E-state index >= 15 is 0 Å². The fourth-order valence-corrected chi connectivity index (χ4v) is 3.97. The second kappa shape index (κ2) is 9.17. The van der Waals surface area contributed by atoms with Crippen molar-refractivity contribution in [3.05, 3.63) is 72.6 Å². The molecule has 0 saturated carbocycles. The quantitative estimate of drug-likeness (QED) is 0.341. The van der Waals surface area contributed by atoms with Gasteiger partial charge in [0.1, 0.15) is 11.6 Å². The van der Waals surface area contributed by atoms with Gasteiger partial charge >= 0.3 is 0 Å². The van der Waals surface area contributed by atoms with Gasteiger partial charge in [0.25, 0.3) is 0 Å². The molecule has 0 amide bonds. The highest BCUT2D eigenvalue weighted by Gasteiger charge is 2.27. The number of rotatable bonds is 8. The Balaban J connectivity index is 1.77. The van der Waals surface area contributed by atoms with E-state index < -0.39 is 0 Å². The average molecular weight is 428 g/mol. The third-order valence-electron chi connectivity index (χ3n) is 5.85. The summed E-state index contributed by atoms with van der Waals surface area (Å²) in [5.74, 6) is 2.49. The lowest BCUT2D eigenvalue weighted by Crippen LogP contribution is -2.35. The normalized spacial score (nSPS) is 11.9. The smallest absolute Gasteiger partial charge is 0.119 e. The molecule has 2 N–H and O–H groups in total. The summed E-state index contributed by atoms with van der Waals surface area (Å²) in [6, 6.07) is 23.1. The Kier molecular flexibility index (Phi) is 6.33. The summed E-state index contributed by atoms with van der Waals surface area (Å²) in [5.41, 5.74) is 4.17. The van der Waals surface area contributed by atoms with Crippen LogP contribution in [0.3, 0.4) is 0 Å². The van der Waals surface area contributed by atoms with Gasteiger partial charge in [-0.05, 0) is 41.4 Å². The molecule has 0 aliphatic carbocycles. The van der Waals surface area contributed by atoms with Crippen molar-refractivity contribution in [2.75, 3.05) is 20.2 Å². The highest BCUT2D eigenvalue weighted by molar-refractivity contribution is 5.90. The number of ether oxygens (including phenoxy) is 1. The number of imidazole rings is 1. The number of H-pyrrole nitrogens is 1. The summed E-state index contributed by atoms with van der Waals surface area (Å²) in [7, 11) is 1.70. The maximum absolute atomic E-state index is 5.38. The van der Waals surface area contributed by atoms with Crippen molar-refractivity contribution < 1.29 is 4.74 Å². The van der Waals surface area contributed by atoms with E-state index in [2.05, 4.69) is 92.6 Å². The summed E-state index contributed by atoms with van der Waals surface area (Å²) >= 11 is 0. The molecule has 4 nitrogen and oxygen atoms in total. The van der Waals surface area contributed by atoms with E-state index in [1.54, 1.807) is 7.11 Å². The van der Waals surface area contributed by atoms with Crippen molar-refractivity contribution in [2.45, 2.75) is 33.1 Å². The number of methoxy groups -OCH3 is 1. The predicted molar refractivity (Wildman–Crippen MR) is 134 cm³/mol. The van der Waals surface area contributed by atoms with Crippen molar-refractivity contribution in [3.8, 4) is 28.3 Å². The molecule has 0 aliphatic rings. The molecule has 166 valence electrons. The van der Waals surface area contributed by atoms with Crippen molar-refractivity contribution in [1.29, 1.82) is 0 Å². The van der Waals surface area contributed by atoms with Gasteiger partial charge in [0.2, 0.25) is 0 Å². The third kappa shape index (κ3) is 4.71. The largest absolute Gasteiger partial charge is 0.497 e. The van der Waals surface area contributed by atoms with Gasteiger partial charge in [-0.25, -0.2) is 4.98 Å². The first-order chi connectivity index (χ1) is 15.4. The summed E-state index contributed by atoms with van der Waals surface area (Å²) in [4.78, 5) is 8.82. The van der Waals surface area contributed by atoms with E-state index in [0.717, 1.165) is 52.6 Å². The zero-order valence-electron chi connectivity index (χ0n) is 19.7. The number of benzene rings is 3. The lowest BCUT2D eigenvalue weighted by Gasteiger charge is -2.23. The molecule has 4 rings (SSSR count). The third-order valence-corrected chi connectivity index (χ3v) is 5.85. The second-order valence-electron chi connectivity index (χ2n) is 9.51. The van der Waals surface area contributed by atoms with E-state index in [9.17, 15) is 0 Å². The first-order valence-corrected chi connectivity index (χ1v) is 11.3. The monoisotopic (exact) mass is 427 g/mol. The molecule has 32 heavy (non-hydrogen) atoms. The van der Waals surface area contributed by atoms with Crippen LogP contribution in [0.25, 0.3) is 33.3 Å². The number of hydrogen-bond donors (Lipinski definition) is 2. The Hall–Kier alpha value is -3.11. The van der Waals surface area contributed by atoms with Crippen molar-refractivity contribution in [3.63, 3.8) is 0 Å². The van der Waals surface area contributed by atoms with E-state index in [1.165, 1.54) is 5.39 Å². The number of aromatic nitrogens is 2. The Morgan fingerprint density at radius 2 is 1.66 bits per heavy atom. The Bertz CT molecular complexity index is 1190. The molecule has 0 aliphatic heterocycles. The number of fused-ring (bicyclic) bond motifs is 1. The maximum Gasteiger partial charge on any atom is 0.119 e. The van der Waals surface area contributed by atoms with Gasteiger partial charge in [0, 0.05) is 23.1 Å². The molecule has 3 aromatic carbocycles. The van der Waals surface area contributed by atoms with Crippen LogP contribution in [0, 0.1) is 5.92 Å². The second-order valence-corrected chi connectivity index (χ2v) is 9.51. The lowest BCUT2D eigenvalue weighted by molar-refractivity contribution is 0.415. The lowest BCUT2D eigenvalue weighted by atomic mass is 9.92. The highest BCUT2D eigenvalue weighted by Crippen LogP contribution is 2.35. The molecule has 4 aromatic rings. The minimum Gasteiger partial charge on any atom is -0.497 e. The highest BCUT2D eigenvalue weighted by atomic mass is 16.5. The molecule has 0 saturated heterocycles. The number of nitrogens with one attached hydrogen (secondary N) is 2. The van der Waals surface area contributed by atoms with Crippen LogP contribution in [0.5, 0.6) is 5.75 Å². The summed E-state index contributed by atoms with van der Waals surface area (Å²) in [5, 5.41) is 5.92. The Morgan fingerprint density at radius 3 is 2.38 bits per heavy atom. The molecular weight excluding hydrogens is 394 g/mol. The van der Waals surface area contributed by atoms with E-state index in [1.807, 2.05) is 12.1 Å². The Morgan fingerprint density at radius 1 is 0.938 bits per heavy atom. The predicted octanol–water partition coefficient (Wildman–Crippen LogP) is 6.43. The molecular formula is C28H33N3O. The molecule has 0 unspecified atom stereocenters. The Labute approximate surface area is 191 Å². The molecule has 0 atom stereocenters. The van der Waals surface area contributed by atoms with Crippen LogP contribution in [-0.4, -0.2) is 30.2 Å². The molecule has 0 radical (unpaired) electrons. The van der Waals surface area contributed by atoms with Gasteiger partial charge in [0.15, 0.2) is 0 Å². The molecule has 0 bridgehead atoms. The van der Waals surface area contributed by atoms with E-state index in [0.29, 0.717) is 5.92 Å². The van der Waals surface area contributed by atoms with E-state index in [4.69, 9.17) is 9.72 Å². The standard InChI is InChI=1S/C28H33N3O/c1-19(2)17-29-18-28(3,4)27-30-25(20-9-7-6-8-10-20)26(31-27)23-12-11-22-16-24(32-5)14-13-21(22)15-23/h6-16,19,29H,17-18H2,1-5H3,(H,30,31). The summed E-state index contributed by atoms with van der Waals surface area (Å²) in [6.45, 7) is 10.8. The van der Waals surface area contributed by atoms with Crippen molar-refractivity contribution >= 4 is 10.8 Å². The van der Waals surface area contributed by atoms with Gasteiger partial charge in [-0.15, -0.1) is 0 Å². The van der Waals surface area contributed by atoms with Crippen LogP contribution in [0.2, 0.25) is 0 Å². The molecule has 0 spiro atoms. The van der Waals surface area contributed by atoms with Gasteiger partial charge < -0.3 is 15.0 Å².